The molecule has 0 amide bonds. The van der Waals surface area contributed by atoms with Crippen molar-refractivity contribution >= 4 is 17.6 Å². The van der Waals surface area contributed by atoms with Crippen molar-refractivity contribution in [3.05, 3.63) is 34.1 Å². The quantitative estimate of drug-likeness (QED) is 0.711. The Labute approximate surface area is 86.6 Å². The molecule has 0 spiro atoms. The van der Waals surface area contributed by atoms with E-state index in [1.54, 1.807) is 13.8 Å². The van der Waals surface area contributed by atoms with Crippen molar-refractivity contribution in [2.75, 3.05) is 6.61 Å². The maximum Gasteiger partial charge on any atom is 0.341 e. The summed E-state index contributed by atoms with van der Waals surface area (Å²) >= 11 is 5.58. The number of rotatable bonds is 2. The summed E-state index contributed by atoms with van der Waals surface area (Å²) in [5.41, 5.74) is 0.608. The van der Waals surface area contributed by atoms with Gasteiger partial charge in [-0.3, -0.25) is 0 Å². The normalized spacial score (nSPS) is 10.0. The molecule has 0 aromatic heterocycles. The molecule has 2 nitrogen and oxygen atoms in total. The van der Waals surface area contributed by atoms with E-state index in [9.17, 15) is 9.18 Å². The van der Waals surface area contributed by atoms with Crippen molar-refractivity contribution in [2.24, 2.45) is 0 Å². The number of hydrogen-bond acceptors (Lipinski definition) is 2. The molecule has 1 aromatic carbocycles. The fourth-order valence-electron chi connectivity index (χ4n) is 1.08. The zero-order chi connectivity index (χ0) is 10.7. The number of esters is 1. The molecular formula is C10H10ClFO2. The molecule has 0 fully saturated rings. The first-order chi connectivity index (χ1) is 6.56. The second-order valence-corrected chi connectivity index (χ2v) is 3.24. The summed E-state index contributed by atoms with van der Waals surface area (Å²) in [6, 6.07) is 2.87. The summed E-state index contributed by atoms with van der Waals surface area (Å²) in [7, 11) is 0. The largest absolute Gasteiger partial charge is 0.462 e. The van der Waals surface area contributed by atoms with Gasteiger partial charge in [0.05, 0.1) is 17.2 Å². The fraction of sp³-hybridized carbons (Fsp3) is 0.300. The van der Waals surface area contributed by atoms with Crippen LogP contribution in [0.3, 0.4) is 0 Å². The molecule has 76 valence electrons. The predicted molar refractivity (Wildman–Crippen MR) is 52.1 cm³/mol. The van der Waals surface area contributed by atoms with Gasteiger partial charge < -0.3 is 4.74 Å². The maximum absolute atomic E-state index is 13.3. The van der Waals surface area contributed by atoms with Gasteiger partial charge in [-0.05, 0) is 31.5 Å². The Morgan fingerprint density at radius 2 is 2.21 bits per heavy atom. The van der Waals surface area contributed by atoms with Crippen LogP contribution in [0.4, 0.5) is 4.39 Å². The van der Waals surface area contributed by atoms with E-state index in [0.29, 0.717) is 0 Å². The van der Waals surface area contributed by atoms with Crippen molar-refractivity contribution in [1.82, 2.24) is 0 Å². The Morgan fingerprint density at radius 1 is 1.57 bits per heavy atom. The molecule has 0 radical (unpaired) electrons. The Hall–Kier alpha value is -1.09. The molecule has 0 bridgehead atoms. The molecule has 4 heteroatoms. The summed E-state index contributed by atoms with van der Waals surface area (Å²) in [6.07, 6.45) is 0. The van der Waals surface area contributed by atoms with E-state index >= 15 is 0 Å². The van der Waals surface area contributed by atoms with Crippen LogP contribution in [0.25, 0.3) is 0 Å². The van der Waals surface area contributed by atoms with Gasteiger partial charge >= 0.3 is 5.97 Å². The van der Waals surface area contributed by atoms with Crippen LogP contribution in [-0.4, -0.2) is 12.6 Å². The van der Waals surface area contributed by atoms with E-state index in [2.05, 4.69) is 4.74 Å². The van der Waals surface area contributed by atoms with E-state index in [1.165, 1.54) is 12.1 Å². The third-order valence-corrected chi connectivity index (χ3v) is 1.94. The number of carbonyl (C=O) groups excluding carboxylic acids is 1. The summed E-state index contributed by atoms with van der Waals surface area (Å²) in [5, 5.41) is -0.0620. The van der Waals surface area contributed by atoms with Gasteiger partial charge in [0.1, 0.15) is 0 Å². The highest BCUT2D eigenvalue weighted by Gasteiger charge is 2.15. The number of benzene rings is 1. The predicted octanol–water partition coefficient (Wildman–Crippen LogP) is 2.96. The second-order valence-electron chi connectivity index (χ2n) is 2.83. The Balaban J connectivity index is 3.13. The fourth-order valence-corrected chi connectivity index (χ4v) is 1.36. The van der Waals surface area contributed by atoms with Crippen LogP contribution in [0.5, 0.6) is 0 Å². The van der Waals surface area contributed by atoms with Gasteiger partial charge in [-0.15, -0.1) is 0 Å². The lowest BCUT2D eigenvalue weighted by molar-refractivity contribution is 0.0521. The second kappa shape index (κ2) is 4.42. The van der Waals surface area contributed by atoms with Crippen molar-refractivity contribution in [3.63, 3.8) is 0 Å². The van der Waals surface area contributed by atoms with Crippen LogP contribution in [0.1, 0.15) is 22.8 Å². The minimum absolute atomic E-state index is 0.0620. The first-order valence-electron chi connectivity index (χ1n) is 4.19. The molecule has 0 heterocycles. The molecule has 0 aliphatic carbocycles. The first kappa shape index (κ1) is 11.0. The Morgan fingerprint density at radius 3 is 2.79 bits per heavy atom. The van der Waals surface area contributed by atoms with E-state index in [1.807, 2.05) is 0 Å². The molecule has 0 unspecified atom stereocenters. The molecule has 0 aliphatic heterocycles. The highest BCUT2D eigenvalue weighted by atomic mass is 35.5. The highest BCUT2D eigenvalue weighted by Crippen LogP contribution is 2.21. The molecule has 0 N–H and O–H groups in total. The maximum atomic E-state index is 13.3. The van der Waals surface area contributed by atoms with Gasteiger partial charge in [0.25, 0.3) is 0 Å². The van der Waals surface area contributed by atoms with Crippen molar-refractivity contribution < 1.29 is 13.9 Å². The number of ether oxygens (including phenoxy) is 1. The van der Waals surface area contributed by atoms with Crippen molar-refractivity contribution in [2.45, 2.75) is 13.8 Å². The van der Waals surface area contributed by atoms with Gasteiger partial charge in [-0.25, -0.2) is 9.18 Å². The lowest BCUT2D eigenvalue weighted by atomic mass is 10.1. The summed E-state index contributed by atoms with van der Waals surface area (Å²) < 4.78 is 18.0. The van der Waals surface area contributed by atoms with Gasteiger partial charge in [0.2, 0.25) is 0 Å². The number of carbonyl (C=O) groups is 1. The van der Waals surface area contributed by atoms with Gasteiger partial charge in [-0.2, -0.15) is 0 Å². The lowest BCUT2D eigenvalue weighted by Crippen LogP contribution is -2.07. The van der Waals surface area contributed by atoms with Gasteiger partial charge in [0, 0.05) is 0 Å². The van der Waals surface area contributed by atoms with Gasteiger partial charge in [0.15, 0.2) is 5.82 Å². The van der Waals surface area contributed by atoms with Crippen LogP contribution < -0.4 is 0 Å². The van der Waals surface area contributed by atoms with Gasteiger partial charge in [-0.1, -0.05) is 11.6 Å². The van der Waals surface area contributed by atoms with Crippen molar-refractivity contribution in [3.8, 4) is 0 Å². The van der Waals surface area contributed by atoms with E-state index in [-0.39, 0.29) is 17.2 Å². The zero-order valence-corrected chi connectivity index (χ0v) is 8.69. The summed E-state index contributed by atoms with van der Waals surface area (Å²) in [6.45, 7) is 3.60. The topological polar surface area (TPSA) is 26.3 Å². The average molecular weight is 217 g/mol. The van der Waals surface area contributed by atoms with Crippen LogP contribution in [0, 0.1) is 12.7 Å². The van der Waals surface area contributed by atoms with Crippen LogP contribution in [0.2, 0.25) is 5.02 Å². The molecule has 0 saturated heterocycles. The lowest BCUT2D eigenvalue weighted by Gasteiger charge is -2.05. The molecular weight excluding hydrogens is 207 g/mol. The van der Waals surface area contributed by atoms with Crippen molar-refractivity contribution in [1.29, 1.82) is 0 Å². The zero-order valence-electron chi connectivity index (χ0n) is 7.93. The van der Waals surface area contributed by atoms with E-state index < -0.39 is 11.8 Å². The van der Waals surface area contributed by atoms with E-state index in [0.717, 1.165) is 5.56 Å². The Kier molecular flexibility index (Phi) is 3.47. The molecule has 1 aromatic rings. The standard InChI is InChI=1S/C10H10ClFO2/c1-3-14-10(13)7-4-6(2)5-8(11)9(7)12/h4-5H,3H2,1-2H3. The summed E-state index contributed by atoms with van der Waals surface area (Å²) in [4.78, 5) is 11.2. The van der Waals surface area contributed by atoms with Crippen LogP contribution in [-0.2, 0) is 4.74 Å². The third kappa shape index (κ3) is 2.23. The monoisotopic (exact) mass is 216 g/mol. The number of halogens is 2. The molecule has 1 rings (SSSR count). The van der Waals surface area contributed by atoms with Crippen LogP contribution >= 0.6 is 11.6 Å². The molecule has 0 saturated carbocycles. The number of hydrogen-bond donors (Lipinski definition) is 0. The SMILES string of the molecule is CCOC(=O)c1cc(C)cc(Cl)c1F. The molecule has 0 atom stereocenters. The van der Waals surface area contributed by atoms with E-state index in [4.69, 9.17) is 11.6 Å². The minimum Gasteiger partial charge on any atom is -0.462 e. The highest BCUT2D eigenvalue weighted by molar-refractivity contribution is 6.31. The Bertz CT molecular complexity index is 363. The first-order valence-corrected chi connectivity index (χ1v) is 4.56. The third-order valence-electron chi connectivity index (χ3n) is 1.67. The minimum atomic E-state index is -0.726. The smallest absolute Gasteiger partial charge is 0.341 e. The molecule has 14 heavy (non-hydrogen) atoms. The van der Waals surface area contributed by atoms with Crippen LogP contribution in [0.15, 0.2) is 12.1 Å². The number of aryl methyl sites for hydroxylation is 1. The average Bonchev–Trinajstić information content (AvgIpc) is 2.11. The summed E-state index contributed by atoms with van der Waals surface area (Å²) in [5.74, 6) is -1.41. The molecule has 0 aliphatic rings.